The Morgan fingerprint density at radius 1 is 0.826 bits per heavy atom. The Labute approximate surface area is 141 Å². The third-order valence-corrected chi connectivity index (χ3v) is 3.85. The van der Waals surface area contributed by atoms with Crippen LogP contribution in [0.15, 0.2) is 83.9 Å². The Balaban J connectivity index is 2.05. The first-order chi connectivity index (χ1) is 11.2. The maximum absolute atomic E-state index is 6.27. The summed E-state index contributed by atoms with van der Waals surface area (Å²) >= 11 is 6.27. The molecule has 0 saturated carbocycles. The van der Waals surface area contributed by atoms with Gasteiger partial charge < -0.3 is 5.32 Å². The number of nitrogens with one attached hydrogen (secondary N) is 1. The van der Waals surface area contributed by atoms with Crippen LogP contribution in [0.4, 0.5) is 11.4 Å². The zero-order chi connectivity index (χ0) is 16.1. The Morgan fingerprint density at radius 2 is 1.48 bits per heavy atom. The summed E-state index contributed by atoms with van der Waals surface area (Å²) in [5, 5.41) is 4.02. The van der Waals surface area contributed by atoms with Crippen molar-refractivity contribution in [1.82, 2.24) is 0 Å². The fourth-order valence-corrected chi connectivity index (χ4v) is 2.44. The second-order valence-electron chi connectivity index (χ2n) is 5.22. The van der Waals surface area contributed by atoms with Crippen LogP contribution in [0.5, 0.6) is 0 Å². The van der Waals surface area contributed by atoms with Crippen molar-refractivity contribution < 1.29 is 0 Å². The van der Waals surface area contributed by atoms with Crippen molar-refractivity contribution in [2.45, 2.75) is 6.92 Å². The highest BCUT2D eigenvalue weighted by Crippen LogP contribution is 2.24. The number of aryl methyl sites for hydroxylation is 1. The molecule has 0 fully saturated rings. The number of amidine groups is 1. The predicted octanol–water partition coefficient (Wildman–Crippen LogP) is 5.84. The fraction of sp³-hybridized carbons (Fsp3) is 0.0500. The molecule has 0 radical (unpaired) electrons. The summed E-state index contributed by atoms with van der Waals surface area (Å²) in [7, 11) is 0. The standard InChI is InChI=1S/C20H17ClN2/c1-15-9-5-7-13-18(15)22-20(16-10-3-2-4-11-16)23-19-14-8-6-12-17(19)21/h2-14H,1H3,(H,22,23). The molecule has 3 aromatic carbocycles. The number of hydrogen-bond acceptors (Lipinski definition) is 1. The van der Waals surface area contributed by atoms with Crippen LogP contribution in [-0.4, -0.2) is 5.84 Å². The van der Waals surface area contributed by atoms with Gasteiger partial charge in [0.1, 0.15) is 5.84 Å². The highest BCUT2D eigenvalue weighted by molar-refractivity contribution is 6.34. The zero-order valence-corrected chi connectivity index (χ0v) is 13.6. The second-order valence-corrected chi connectivity index (χ2v) is 5.62. The first-order valence-electron chi connectivity index (χ1n) is 7.45. The highest BCUT2D eigenvalue weighted by Gasteiger charge is 2.07. The van der Waals surface area contributed by atoms with Crippen LogP contribution < -0.4 is 5.32 Å². The van der Waals surface area contributed by atoms with Crippen molar-refractivity contribution in [1.29, 1.82) is 0 Å². The van der Waals surface area contributed by atoms with Gasteiger partial charge in [0, 0.05) is 5.56 Å². The third kappa shape index (κ3) is 3.79. The molecule has 114 valence electrons. The molecule has 0 aliphatic heterocycles. The molecule has 0 spiro atoms. The molecule has 0 heterocycles. The maximum Gasteiger partial charge on any atom is 0.138 e. The number of benzene rings is 3. The van der Waals surface area contributed by atoms with Crippen LogP contribution in [-0.2, 0) is 0 Å². The van der Waals surface area contributed by atoms with Gasteiger partial charge in [-0.25, -0.2) is 4.99 Å². The van der Waals surface area contributed by atoms with Crippen LogP contribution in [0.3, 0.4) is 0 Å². The average molecular weight is 321 g/mol. The van der Waals surface area contributed by atoms with Gasteiger partial charge in [-0.2, -0.15) is 0 Å². The lowest BCUT2D eigenvalue weighted by atomic mass is 10.1. The number of nitrogens with zero attached hydrogens (tertiary/aromatic N) is 1. The first-order valence-corrected chi connectivity index (χ1v) is 7.83. The van der Waals surface area contributed by atoms with E-state index in [1.807, 2.05) is 72.8 Å². The van der Waals surface area contributed by atoms with Crippen molar-refractivity contribution in [2.24, 2.45) is 4.99 Å². The maximum atomic E-state index is 6.27. The molecule has 0 amide bonds. The molecule has 23 heavy (non-hydrogen) atoms. The number of aliphatic imine (C=N–C) groups is 1. The minimum atomic E-state index is 0.668. The number of anilines is 1. The monoisotopic (exact) mass is 320 g/mol. The Kier molecular flexibility index (Phi) is 4.74. The first kappa shape index (κ1) is 15.3. The minimum absolute atomic E-state index is 0.668. The zero-order valence-electron chi connectivity index (χ0n) is 12.8. The van der Waals surface area contributed by atoms with Crippen molar-refractivity contribution in [3.8, 4) is 0 Å². The third-order valence-electron chi connectivity index (χ3n) is 3.52. The smallest absolute Gasteiger partial charge is 0.138 e. The largest absolute Gasteiger partial charge is 0.338 e. The van der Waals surface area contributed by atoms with Gasteiger partial charge in [-0.1, -0.05) is 72.3 Å². The van der Waals surface area contributed by atoms with Gasteiger partial charge in [-0.15, -0.1) is 0 Å². The van der Waals surface area contributed by atoms with E-state index >= 15 is 0 Å². The van der Waals surface area contributed by atoms with E-state index in [0.717, 1.165) is 28.3 Å². The molecule has 0 aromatic heterocycles. The summed E-state index contributed by atoms with van der Waals surface area (Å²) in [6.45, 7) is 2.05. The molecule has 3 heteroatoms. The molecule has 3 rings (SSSR count). The van der Waals surface area contributed by atoms with Gasteiger partial charge in [-0.3, -0.25) is 0 Å². The molecular formula is C20H17ClN2. The molecule has 0 aliphatic carbocycles. The second kappa shape index (κ2) is 7.12. The van der Waals surface area contributed by atoms with E-state index in [1.165, 1.54) is 0 Å². The number of hydrogen-bond donors (Lipinski definition) is 1. The van der Waals surface area contributed by atoms with Crippen LogP contribution in [0.25, 0.3) is 0 Å². The number of para-hydroxylation sites is 2. The summed E-state index contributed by atoms with van der Waals surface area (Å²) in [6, 6.07) is 25.8. The van der Waals surface area contributed by atoms with Gasteiger partial charge in [0.15, 0.2) is 0 Å². The van der Waals surface area contributed by atoms with E-state index in [2.05, 4.69) is 18.3 Å². The van der Waals surface area contributed by atoms with Gasteiger partial charge >= 0.3 is 0 Å². The van der Waals surface area contributed by atoms with Crippen molar-refractivity contribution in [3.63, 3.8) is 0 Å². The quantitative estimate of drug-likeness (QED) is 0.476. The summed E-state index contributed by atoms with van der Waals surface area (Å²) in [5.74, 6) is 0.771. The van der Waals surface area contributed by atoms with Crippen LogP contribution in [0.2, 0.25) is 5.02 Å². The Bertz CT molecular complexity index is 826. The molecule has 0 unspecified atom stereocenters. The Morgan fingerprint density at radius 3 is 2.22 bits per heavy atom. The van der Waals surface area contributed by atoms with E-state index in [4.69, 9.17) is 16.6 Å². The van der Waals surface area contributed by atoms with Crippen LogP contribution in [0.1, 0.15) is 11.1 Å². The molecule has 0 saturated heterocycles. The summed E-state index contributed by atoms with van der Waals surface area (Å²) in [4.78, 5) is 4.81. The number of halogens is 1. The molecule has 0 aliphatic rings. The van der Waals surface area contributed by atoms with E-state index in [-0.39, 0.29) is 0 Å². The molecule has 0 atom stereocenters. The van der Waals surface area contributed by atoms with Crippen molar-refractivity contribution in [2.75, 3.05) is 5.32 Å². The van der Waals surface area contributed by atoms with E-state index in [9.17, 15) is 0 Å². The highest BCUT2D eigenvalue weighted by atomic mass is 35.5. The molecule has 3 aromatic rings. The van der Waals surface area contributed by atoms with E-state index in [1.54, 1.807) is 0 Å². The lowest BCUT2D eigenvalue weighted by Gasteiger charge is -2.12. The van der Waals surface area contributed by atoms with Crippen LogP contribution >= 0.6 is 11.6 Å². The van der Waals surface area contributed by atoms with Gasteiger partial charge in [0.2, 0.25) is 0 Å². The fourth-order valence-electron chi connectivity index (χ4n) is 2.26. The van der Waals surface area contributed by atoms with Crippen LogP contribution in [0, 0.1) is 6.92 Å². The van der Waals surface area contributed by atoms with Gasteiger partial charge in [0.05, 0.1) is 16.4 Å². The van der Waals surface area contributed by atoms with Gasteiger partial charge in [0.25, 0.3) is 0 Å². The SMILES string of the molecule is Cc1ccccc1N=C(Nc1ccccc1Cl)c1ccccc1. The predicted molar refractivity (Wildman–Crippen MR) is 98.9 cm³/mol. The average Bonchev–Trinajstić information content (AvgIpc) is 2.59. The molecule has 1 N–H and O–H groups in total. The van der Waals surface area contributed by atoms with Gasteiger partial charge in [-0.05, 0) is 30.7 Å². The lowest BCUT2D eigenvalue weighted by molar-refractivity contribution is 1.38. The summed E-state index contributed by atoms with van der Waals surface area (Å²) in [6.07, 6.45) is 0. The minimum Gasteiger partial charge on any atom is -0.338 e. The molecule has 2 nitrogen and oxygen atoms in total. The topological polar surface area (TPSA) is 24.4 Å². The molecule has 0 bridgehead atoms. The Hall–Kier alpha value is -2.58. The number of rotatable bonds is 3. The summed E-state index contributed by atoms with van der Waals surface area (Å²) < 4.78 is 0. The van der Waals surface area contributed by atoms with E-state index < -0.39 is 0 Å². The van der Waals surface area contributed by atoms with Crippen molar-refractivity contribution >= 4 is 28.8 Å². The lowest BCUT2D eigenvalue weighted by Crippen LogP contribution is -2.13. The summed E-state index contributed by atoms with van der Waals surface area (Å²) in [5.41, 5.74) is 3.91. The molecular weight excluding hydrogens is 304 g/mol. The normalized spacial score (nSPS) is 11.3. The van der Waals surface area contributed by atoms with Crippen molar-refractivity contribution in [3.05, 3.63) is 95.0 Å². The van der Waals surface area contributed by atoms with E-state index in [0.29, 0.717) is 5.02 Å².